The van der Waals surface area contributed by atoms with Crippen LogP contribution in [-0.4, -0.2) is 59.9 Å². The van der Waals surface area contributed by atoms with Crippen molar-refractivity contribution in [1.82, 2.24) is 15.1 Å². The molecule has 1 N–H and O–H groups in total. The standard InChI is InChI=1S/C11H17N3O2/c15-10-7-13(11(16)9-3-4-12-9)5-6-14(10)8-1-2-8/h8-9,12H,1-7H2/t9-/m1/s1. The number of carbonyl (C=O) groups excluding carboxylic acids is 2. The van der Waals surface area contributed by atoms with E-state index in [1.165, 1.54) is 0 Å². The van der Waals surface area contributed by atoms with Crippen molar-refractivity contribution in [2.75, 3.05) is 26.2 Å². The molecule has 1 saturated carbocycles. The summed E-state index contributed by atoms with van der Waals surface area (Å²) in [4.78, 5) is 27.4. The molecule has 0 bridgehead atoms. The van der Waals surface area contributed by atoms with Gasteiger partial charge in [-0.05, 0) is 25.8 Å². The highest BCUT2D eigenvalue weighted by Crippen LogP contribution is 2.28. The molecular formula is C11H17N3O2. The molecule has 1 aliphatic carbocycles. The van der Waals surface area contributed by atoms with Crippen molar-refractivity contribution in [3.05, 3.63) is 0 Å². The molecule has 3 aliphatic rings. The number of amides is 2. The number of nitrogens with zero attached hydrogens (tertiary/aromatic N) is 2. The zero-order chi connectivity index (χ0) is 11.1. The highest BCUT2D eigenvalue weighted by molar-refractivity contribution is 5.89. The van der Waals surface area contributed by atoms with E-state index in [2.05, 4.69) is 5.32 Å². The van der Waals surface area contributed by atoms with E-state index in [9.17, 15) is 9.59 Å². The predicted octanol–water partition coefficient (Wildman–Crippen LogP) is -0.818. The summed E-state index contributed by atoms with van der Waals surface area (Å²) >= 11 is 0. The van der Waals surface area contributed by atoms with Crippen molar-refractivity contribution in [3.8, 4) is 0 Å². The average Bonchev–Trinajstić information content (AvgIpc) is 2.98. The Labute approximate surface area is 94.8 Å². The molecule has 0 aromatic carbocycles. The number of piperazine rings is 1. The fourth-order valence-electron chi connectivity index (χ4n) is 2.37. The zero-order valence-corrected chi connectivity index (χ0v) is 9.32. The normalized spacial score (nSPS) is 30.2. The van der Waals surface area contributed by atoms with Gasteiger partial charge in [0.25, 0.3) is 0 Å². The van der Waals surface area contributed by atoms with Gasteiger partial charge in [-0.3, -0.25) is 9.59 Å². The molecule has 0 unspecified atom stereocenters. The van der Waals surface area contributed by atoms with Crippen LogP contribution in [-0.2, 0) is 9.59 Å². The fourth-order valence-corrected chi connectivity index (χ4v) is 2.37. The maximum atomic E-state index is 11.9. The lowest BCUT2D eigenvalue weighted by molar-refractivity contribution is -0.147. The maximum Gasteiger partial charge on any atom is 0.242 e. The van der Waals surface area contributed by atoms with Crippen LogP contribution in [0.4, 0.5) is 0 Å². The van der Waals surface area contributed by atoms with E-state index in [1.54, 1.807) is 4.90 Å². The molecule has 3 rings (SSSR count). The Kier molecular flexibility index (Phi) is 2.35. The number of nitrogens with one attached hydrogen (secondary N) is 1. The van der Waals surface area contributed by atoms with E-state index in [0.717, 1.165) is 32.4 Å². The molecule has 2 heterocycles. The number of carbonyl (C=O) groups is 2. The van der Waals surface area contributed by atoms with Crippen LogP contribution in [0.1, 0.15) is 19.3 Å². The number of hydrogen-bond donors (Lipinski definition) is 1. The van der Waals surface area contributed by atoms with Crippen LogP contribution < -0.4 is 5.32 Å². The smallest absolute Gasteiger partial charge is 0.242 e. The fraction of sp³-hybridized carbons (Fsp3) is 0.818. The first kappa shape index (κ1) is 10.1. The van der Waals surface area contributed by atoms with Gasteiger partial charge in [-0.1, -0.05) is 0 Å². The van der Waals surface area contributed by atoms with Crippen LogP contribution >= 0.6 is 0 Å². The van der Waals surface area contributed by atoms with Gasteiger partial charge in [0.2, 0.25) is 11.8 Å². The maximum absolute atomic E-state index is 11.9. The van der Waals surface area contributed by atoms with Crippen LogP contribution in [0, 0.1) is 0 Å². The second kappa shape index (κ2) is 3.73. The monoisotopic (exact) mass is 223 g/mol. The molecule has 88 valence electrons. The minimum Gasteiger partial charge on any atom is -0.336 e. The van der Waals surface area contributed by atoms with Crippen molar-refractivity contribution < 1.29 is 9.59 Å². The first-order valence-electron chi connectivity index (χ1n) is 6.07. The summed E-state index contributed by atoms with van der Waals surface area (Å²) in [6.07, 6.45) is 3.20. The topological polar surface area (TPSA) is 52.7 Å². The Balaban J connectivity index is 1.58. The van der Waals surface area contributed by atoms with Crippen LogP contribution in [0.2, 0.25) is 0 Å². The van der Waals surface area contributed by atoms with Gasteiger partial charge in [0.05, 0.1) is 12.6 Å². The van der Waals surface area contributed by atoms with Gasteiger partial charge in [0.1, 0.15) is 0 Å². The summed E-state index contributed by atoms with van der Waals surface area (Å²) in [5.41, 5.74) is 0. The summed E-state index contributed by atoms with van der Waals surface area (Å²) in [7, 11) is 0. The molecule has 2 aliphatic heterocycles. The molecule has 0 aromatic heterocycles. The summed E-state index contributed by atoms with van der Waals surface area (Å²) in [6, 6.07) is 0.451. The van der Waals surface area contributed by atoms with E-state index >= 15 is 0 Å². The molecule has 5 heteroatoms. The highest BCUT2D eigenvalue weighted by atomic mass is 16.2. The van der Waals surface area contributed by atoms with Crippen molar-refractivity contribution in [2.24, 2.45) is 0 Å². The molecule has 2 amide bonds. The van der Waals surface area contributed by atoms with Crippen LogP contribution in [0.3, 0.4) is 0 Å². The lowest BCUT2D eigenvalue weighted by Crippen LogP contribution is -2.60. The van der Waals surface area contributed by atoms with Gasteiger partial charge in [0.15, 0.2) is 0 Å². The second-order valence-electron chi connectivity index (χ2n) is 4.87. The van der Waals surface area contributed by atoms with E-state index in [1.807, 2.05) is 4.90 Å². The predicted molar refractivity (Wildman–Crippen MR) is 57.7 cm³/mol. The molecule has 2 saturated heterocycles. The van der Waals surface area contributed by atoms with Crippen molar-refractivity contribution in [1.29, 1.82) is 0 Å². The van der Waals surface area contributed by atoms with Gasteiger partial charge in [0, 0.05) is 19.1 Å². The van der Waals surface area contributed by atoms with E-state index < -0.39 is 0 Å². The molecule has 0 radical (unpaired) electrons. The van der Waals surface area contributed by atoms with Gasteiger partial charge in [-0.25, -0.2) is 0 Å². The summed E-state index contributed by atoms with van der Waals surface area (Å²) in [6.45, 7) is 2.64. The largest absolute Gasteiger partial charge is 0.336 e. The minimum absolute atomic E-state index is 0.0275. The first-order chi connectivity index (χ1) is 7.75. The van der Waals surface area contributed by atoms with E-state index in [-0.39, 0.29) is 24.4 Å². The van der Waals surface area contributed by atoms with Gasteiger partial charge >= 0.3 is 0 Å². The molecule has 0 aromatic rings. The summed E-state index contributed by atoms with van der Waals surface area (Å²) in [5.74, 6) is 0.233. The van der Waals surface area contributed by atoms with Crippen molar-refractivity contribution in [3.63, 3.8) is 0 Å². The molecule has 3 fully saturated rings. The quantitative estimate of drug-likeness (QED) is 0.665. The van der Waals surface area contributed by atoms with E-state index in [4.69, 9.17) is 0 Å². The molecule has 0 spiro atoms. The van der Waals surface area contributed by atoms with Gasteiger partial charge in [-0.2, -0.15) is 0 Å². The van der Waals surface area contributed by atoms with Gasteiger partial charge < -0.3 is 15.1 Å². The third kappa shape index (κ3) is 1.69. The minimum atomic E-state index is -0.0275. The Hall–Kier alpha value is -1.10. The number of rotatable bonds is 2. The Morgan fingerprint density at radius 1 is 1.25 bits per heavy atom. The Morgan fingerprint density at radius 3 is 2.50 bits per heavy atom. The molecule has 16 heavy (non-hydrogen) atoms. The summed E-state index contributed by atoms with van der Waals surface area (Å²) < 4.78 is 0. The molecule has 1 atom stereocenters. The third-order valence-corrected chi connectivity index (χ3v) is 3.68. The van der Waals surface area contributed by atoms with E-state index in [0.29, 0.717) is 12.6 Å². The summed E-state index contributed by atoms with van der Waals surface area (Å²) in [5, 5.41) is 3.09. The molecule has 5 nitrogen and oxygen atoms in total. The van der Waals surface area contributed by atoms with Crippen molar-refractivity contribution in [2.45, 2.75) is 31.3 Å². The van der Waals surface area contributed by atoms with Crippen LogP contribution in [0.25, 0.3) is 0 Å². The SMILES string of the molecule is O=C([C@H]1CCN1)N1CCN(C2CC2)C(=O)C1. The Bertz CT molecular complexity index is 323. The average molecular weight is 223 g/mol. The first-order valence-corrected chi connectivity index (χ1v) is 6.07. The lowest BCUT2D eigenvalue weighted by Gasteiger charge is -2.38. The highest BCUT2D eigenvalue weighted by Gasteiger charge is 2.38. The lowest BCUT2D eigenvalue weighted by atomic mass is 10.1. The van der Waals surface area contributed by atoms with Crippen molar-refractivity contribution >= 4 is 11.8 Å². The Morgan fingerprint density at radius 2 is 2.00 bits per heavy atom. The molecular weight excluding hydrogens is 206 g/mol. The second-order valence-corrected chi connectivity index (χ2v) is 4.87. The zero-order valence-electron chi connectivity index (χ0n) is 9.32. The van der Waals surface area contributed by atoms with Crippen LogP contribution in [0.5, 0.6) is 0 Å². The van der Waals surface area contributed by atoms with Crippen LogP contribution in [0.15, 0.2) is 0 Å². The third-order valence-electron chi connectivity index (χ3n) is 3.68. The van der Waals surface area contributed by atoms with Gasteiger partial charge in [-0.15, -0.1) is 0 Å². The number of hydrogen-bond acceptors (Lipinski definition) is 3.